The molecule has 2 aromatic carbocycles. The maximum absolute atomic E-state index is 14.8. The van der Waals surface area contributed by atoms with Crippen LogP contribution < -0.4 is 4.74 Å². The van der Waals surface area contributed by atoms with Gasteiger partial charge in [0.15, 0.2) is 23.1 Å². The van der Waals surface area contributed by atoms with E-state index in [4.69, 9.17) is 9.47 Å². The molecule has 2 aliphatic rings. The van der Waals surface area contributed by atoms with Gasteiger partial charge in [-0.15, -0.1) is 6.58 Å². The van der Waals surface area contributed by atoms with Crippen molar-refractivity contribution >= 4 is 0 Å². The lowest BCUT2D eigenvalue weighted by Crippen LogP contribution is -2.24. The Morgan fingerprint density at radius 2 is 1.80 bits per heavy atom. The van der Waals surface area contributed by atoms with Gasteiger partial charge in [0.05, 0.1) is 12.7 Å². The molecular formula is C25H27F3O2. The van der Waals surface area contributed by atoms with E-state index < -0.39 is 17.5 Å². The summed E-state index contributed by atoms with van der Waals surface area (Å²) in [5.74, 6) is -2.24. The summed E-state index contributed by atoms with van der Waals surface area (Å²) in [5.41, 5.74) is 2.09. The lowest BCUT2D eigenvalue weighted by molar-refractivity contribution is 0.00879. The van der Waals surface area contributed by atoms with Crippen molar-refractivity contribution in [3.05, 3.63) is 70.6 Å². The second-order valence-electron chi connectivity index (χ2n) is 8.30. The molecule has 30 heavy (non-hydrogen) atoms. The molecule has 2 heterocycles. The van der Waals surface area contributed by atoms with Gasteiger partial charge in [-0.3, -0.25) is 0 Å². The van der Waals surface area contributed by atoms with Crippen LogP contribution in [0.5, 0.6) is 11.5 Å². The van der Waals surface area contributed by atoms with Gasteiger partial charge in [-0.2, -0.15) is 4.39 Å². The molecule has 0 amide bonds. The van der Waals surface area contributed by atoms with Crippen LogP contribution in [0.25, 0.3) is 0 Å². The highest BCUT2D eigenvalue weighted by Crippen LogP contribution is 2.42. The van der Waals surface area contributed by atoms with Gasteiger partial charge in [-0.1, -0.05) is 31.6 Å². The van der Waals surface area contributed by atoms with Gasteiger partial charge in [0, 0.05) is 17.5 Å². The van der Waals surface area contributed by atoms with Crippen LogP contribution in [-0.2, 0) is 24.0 Å². The smallest absolute Gasteiger partial charge is 0.201 e. The minimum Gasteiger partial charge on any atom is -0.450 e. The van der Waals surface area contributed by atoms with Crippen molar-refractivity contribution in [3.63, 3.8) is 0 Å². The first-order valence-electron chi connectivity index (χ1n) is 10.7. The van der Waals surface area contributed by atoms with Crippen LogP contribution in [-0.4, -0.2) is 12.7 Å². The number of benzene rings is 2. The number of rotatable bonds is 6. The Morgan fingerprint density at radius 1 is 1.00 bits per heavy atom. The van der Waals surface area contributed by atoms with Gasteiger partial charge < -0.3 is 9.47 Å². The molecule has 4 rings (SSSR count). The zero-order chi connectivity index (χ0) is 21.3. The van der Waals surface area contributed by atoms with E-state index in [1.807, 2.05) is 13.0 Å². The van der Waals surface area contributed by atoms with Crippen molar-refractivity contribution in [1.82, 2.24) is 0 Å². The second-order valence-corrected chi connectivity index (χ2v) is 8.30. The van der Waals surface area contributed by atoms with Crippen molar-refractivity contribution in [3.8, 4) is 11.5 Å². The first-order chi connectivity index (χ1) is 14.5. The fourth-order valence-electron chi connectivity index (χ4n) is 4.40. The van der Waals surface area contributed by atoms with E-state index in [-0.39, 0.29) is 17.6 Å². The summed E-state index contributed by atoms with van der Waals surface area (Å²) in [6.45, 7) is 6.32. The van der Waals surface area contributed by atoms with Gasteiger partial charge >= 0.3 is 0 Å². The Bertz CT molecular complexity index is 946. The van der Waals surface area contributed by atoms with E-state index in [1.54, 1.807) is 18.2 Å². The third-order valence-corrected chi connectivity index (χ3v) is 6.17. The topological polar surface area (TPSA) is 18.5 Å². The van der Waals surface area contributed by atoms with Crippen molar-refractivity contribution in [2.75, 3.05) is 6.61 Å². The van der Waals surface area contributed by atoms with E-state index in [0.29, 0.717) is 54.0 Å². The van der Waals surface area contributed by atoms with Crippen LogP contribution in [0, 0.1) is 23.4 Å². The van der Waals surface area contributed by atoms with Crippen LogP contribution in [0.15, 0.2) is 30.9 Å². The molecule has 0 bridgehead atoms. The summed E-state index contributed by atoms with van der Waals surface area (Å²) in [7, 11) is 0. The largest absolute Gasteiger partial charge is 0.450 e. The Labute approximate surface area is 175 Å². The number of ether oxygens (including phenoxy) is 2. The van der Waals surface area contributed by atoms with Crippen LogP contribution in [0.3, 0.4) is 0 Å². The Balaban J connectivity index is 1.53. The van der Waals surface area contributed by atoms with Crippen LogP contribution in [0.2, 0.25) is 0 Å². The monoisotopic (exact) mass is 416 g/mol. The van der Waals surface area contributed by atoms with Gasteiger partial charge in [-0.05, 0) is 55.2 Å². The minimum absolute atomic E-state index is 0.0237. The fourth-order valence-corrected chi connectivity index (χ4v) is 4.40. The quantitative estimate of drug-likeness (QED) is 0.418. The zero-order valence-corrected chi connectivity index (χ0v) is 17.3. The third kappa shape index (κ3) is 4.00. The molecule has 160 valence electrons. The van der Waals surface area contributed by atoms with Crippen molar-refractivity contribution in [2.45, 2.75) is 58.0 Å². The van der Waals surface area contributed by atoms with Gasteiger partial charge in [0.25, 0.3) is 0 Å². The fraction of sp³-hybridized carbons (Fsp3) is 0.440. The first kappa shape index (κ1) is 21.0. The molecule has 1 fully saturated rings. The van der Waals surface area contributed by atoms with E-state index >= 15 is 0 Å². The maximum atomic E-state index is 14.8. The Morgan fingerprint density at radius 3 is 2.50 bits per heavy atom. The maximum Gasteiger partial charge on any atom is 0.201 e. The summed E-state index contributed by atoms with van der Waals surface area (Å²) >= 11 is 0. The first-order valence-corrected chi connectivity index (χ1v) is 10.7. The third-order valence-electron chi connectivity index (χ3n) is 6.17. The predicted octanol–water partition coefficient (Wildman–Crippen LogP) is 6.67. The van der Waals surface area contributed by atoms with Gasteiger partial charge in [0.2, 0.25) is 5.82 Å². The standard InChI is InChI=1S/C25H27F3O2/c1-3-5-16-9-10-18-13-19-12-17(8-6-15-7-11-20(4-2)29-14-15)21(26)23(28)25(19)30-24(18)22(16)27/h4,9-10,12,15,20H,2-3,5-8,11,13-14H2,1H3. The van der Waals surface area contributed by atoms with Crippen molar-refractivity contribution in [2.24, 2.45) is 5.92 Å². The molecule has 2 aromatic rings. The molecule has 2 unspecified atom stereocenters. The summed E-state index contributed by atoms with van der Waals surface area (Å²) in [6.07, 6.45) is 6.64. The highest BCUT2D eigenvalue weighted by molar-refractivity contribution is 5.53. The second kappa shape index (κ2) is 8.84. The molecule has 2 aliphatic heterocycles. The molecule has 2 atom stereocenters. The summed E-state index contributed by atoms with van der Waals surface area (Å²) in [6, 6.07) is 5.25. The number of hydrogen-bond acceptors (Lipinski definition) is 2. The number of hydrogen-bond donors (Lipinski definition) is 0. The highest BCUT2D eigenvalue weighted by atomic mass is 19.2. The van der Waals surface area contributed by atoms with Crippen molar-refractivity contribution in [1.29, 1.82) is 0 Å². The number of halogens is 3. The van der Waals surface area contributed by atoms with Crippen molar-refractivity contribution < 1.29 is 22.6 Å². The highest BCUT2D eigenvalue weighted by Gasteiger charge is 2.28. The minimum atomic E-state index is -1.03. The molecule has 0 aliphatic carbocycles. The summed E-state index contributed by atoms with van der Waals surface area (Å²) in [4.78, 5) is 0. The van der Waals surface area contributed by atoms with Gasteiger partial charge in [0.1, 0.15) is 0 Å². The molecule has 0 saturated carbocycles. The number of fused-ring (bicyclic) bond motifs is 2. The Hall–Kier alpha value is -2.27. The molecule has 0 aromatic heterocycles. The van der Waals surface area contributed by atoms with Gasteiger partial charge in [-0.25, -0.2) is 8.78 Å². The molecule has 0 spiro atoms. The van der Waals surface area contributed by atoms with Crippen LogP contribution >= 0.6 is 0 Å². The lowest BCUT2D eigenvalue weighted by atomic mass is 9.90. The van der Waals surface area contributed by atoms with E-state index in [9.17, 15) is 13.2 Å². The van der Waals surface area contributed by atoms with E-state index in [1.165, 1.54) is 0 Å². The molecular weight excluding hydrogens is 389 g/mol. The SMILES string of the molecule is C=CC1CCC(CCc2cc3c(c(F)c2F)Oc2c(ccc(CCC)c2F)C3)CO1. The molecule has 0 radical (unpaired) electrons. The normalized spacial score (nSPS) is 20.3. The average molecular weight is 416 g/mol. The number of aryl methyl sites for hydroxylation is 2. The van der Waals surface area contributed by atoms with E-state index in [2.05, 4.69) is 6.58 Å². The molecule has 0 N–H and O–H groups in total. The molecule has 1 saturated heterocycles. The lowest BCUT2D eigenvalue weighted by Gasteiger charge is -2.27. The Kier molecular flexibility index (Phi) is 6.19. The summed E-state index contributed by atoms with van der Waals surface area (Å²) in [5, 5.41) is 0. The van der Waals surface area contributed by atoms with E-state index in [0.717, 1.165) is 25.7 Å². The predicted molar refractivity (Wildman–Crippen MR) is 111 cm³/mol. The van der Waals surface area contributed by atoms with Crippen LogP contribution in [0.4, 0.5) is 13.2 Å². The molecule has 5 heteroatoms. The molecule has 2 nitrogen and oxygen atoms in total. The zero-order valence-electron chi connectivity index (χ0n) is 17.3. The van der Waals surface area contributed by atoms with Crippen LogP contribution in [0.1, 0.15) is 54.9 Å². The average Bonchev–Trinajstić information content (AvgIpc) is 2.77. The summed E-state index contributed by atoms with van der Waals surface area (Å²) < 4.78 is 55.6.